The molecule has 0 aliphatic carbocycles. The first kappa shape index (κ1) is 17.4. The number of hydrogen-bond donors (Lipinski definition) is 0. The normalized spacial score (nSPS) is 21.2. The summed E-state index contributed by atoms with van der Waals surface area (Å²) in [6.07, 6.45) is 0.233. The van der Waals surface area contributed by atoms with Gasteiger partial charge in [0.2, 0.25) is 17.7 Å². The van der Waals surface area contributed by atoms with Gasteiger partial charge in [-0.25, -0.2) is 4.39 Å². The molecule has 1 atom stereocenters. The number of rotatable bonds is 4. The van der Waals surface area contributed by atoms with Crippen LogP contribution in [0.5, 0.6) is 0 Å². The lowest BCUT2D eigenvalue weighted by Crippen LogP contribution is -2.53. The largest absolute Gasteiger partial charge is 0.342 e. The Kier molecular flexibility index (Phi) is 5.01. The van der Waals surface area contributed by atoms with E-state index in [0.29, 0.717) is 32.7 Å². The van der Waals surface area contributed by atoms with Crippen molar-refractivity contribution in [3.05, 3.63) is 35.6 Å². The molecule has 2 saturated heterocycles. The van der Waals surface area contributed by atoms with E-state index in [-0.39, 0.29) is 42.4 Å². The molecule has 1 aromatic rings. The number of likely N-dealkylation sites (tertiary alicyclic amines) is 1. The molecule has 2 aliphatic heterocycles. The van der Waals surface area contributed by atoms with E-state index in [2.05, 4.69) is 0 Å². The van der Waals surface area contributed by atoms with E-state index in [0.717, 1.165) is 5.56 Å². The zero-order valence-electron chi connectivity index (χ0n) is 14.3. The Hall–Kier alpha value is -2.44. The van der Waals surface area contributed by atoms with Crippen LogP contribution >= 0.6 is 0 Å². The fraction of sp³-hybridized carbons (Fsp3) is 0.500. The van der Waals surface area contributed by atoms with Gasteiger partial charge in [0.1, 0.15) is 5.82 Å². The first-order valence-corrected chi connectivity index (χ1v) is 8.56. The molecular formula is C18H22FN3O3. The molecular weight excluding hydrogens is 325 g/mol. The highest BCUT2D eigenvalue weighted by Crippen LogP contribution is 2.21. The highest BCUT2D eigenvalue weighted by atomic mass is 19.1. The van der Waals surface area contributed by atoms with Gasteiger partial charge in [0.05, 0.1) is 12.5 Å². The van der Waals surface area contributed by atoms with Gasteiger partial charge in [-0.1, -0.05) is 12.1 Å². The van der Waals surface area contributed by atoms with Crippen LogP contribution in [0.3, 0.4) is 0 Å². The molecule has 2 fully saturated rings. The zero-order valence-corrected chi connectivity index (χ0v) is 14.3. The monoisotopic (exact) mass is 347 g/mol. The van der Waals surface area contributed by atoms with Crippen molar-refractivity contribution in [2.75, 3.05) is 32.7 Å². The highest BCUT2D eigenvalue weighted by molar-refractivity contribution is 5.92. The minimum Gasteiger partial charge on any atom is -0.342 e. The topological polar surface area (TPSA) is 60.9 Å². The van der Waals surface area contributed by atoms with E-state index in [4.69, 9.17) is 0 Å². The van der Waals surface area contributed by atoms with Gasteiger partial charge in [-0.05, 0) is 24.6 Å². The first-order chi connectivity index (χ1) is 12.0. The Morgan fingerprint density at radius 3 is 2.44 bits per heavy atom. The van der Waals surface area contributed by atoms with Crippen LogP contribution in [0.25, 0.3) is 0 Å². The molecule has 7 heteroatoms. The number of halogens is 1. The van der Waals surface area contributed by atoms with Crippen LogP contribution in [0.4, 0.5) is 4.39 Å². The van der Waals surface area contributed by atoms with Crippen molar-refractivity contribution in [3.8, 4) is 0 Å². The lowest BCUT2D eigenvalue weighted by Gasteiger charge is -2.35. The van der Waals surface area contributed by atoms with E-state index >= 15 is 0 Å². The third-order valence-corrected chi connectivity index (χ3v) is 4.86. The molecule has 0 unspecified atom stereocenters. The van der Waals surface area contributed by atoms with Gasteiger partial charge in [0.25, 0.3) is 0 Å². The Morgan fingerprint density at radius 1 is 1.12 bits per heavy atom. The second kappa shape index (κ2) is 7.21. The predicted octanol–water partition coefficient (Wildman–Crippen LogP) is 0.865. The van der Waals surface area contributed by atoms with Crippen LogP contribution in [0, 0.1) is 11.7 Å². The Balaban J connectivity index is 1.56. The van der Waals surface area contributed by atoms with E-state index < -0.39 is 0 Å². The van der Waals surface area contributed by atoms with Crippen molar-refractivity contribution in [2.24, 2.45) is 5.92 Å². The molecule has 1 aromatic carbocycles. The summed E-state index contributed by atoms with van der Waals surface area (Å²) >= 11 is 0. The van der Waals surface area contributed by atoms with Gasteiger partial charge in [0, 0.05) is 39.1 Å². The summed E-state index contributed by atoms with van der Waals surface area (Å²) < 4.78 is 13.0. The van der Waals surface area contributed by atoms with Crippen molar-refractivity contribution in [2.45, 2.75) is 19.9 Å². The van der Waals surface area contributed by atoms with E-state index in [9.17, 15) is 18.8 Å². The van der Waals surface area contributed by atoms with Crippen LogP contribution in [0.2, 0.25) is 0 Å². The molecule has 2 heterocycles. The van der Waals surface area contributed by atoms with E-state index in [1.165, 1.54) is 12.1 Å². The summed E-state index contributed by atoms with van der Waals surface area (Å²) in [5, 5.41) is 0. The molecule has 6 nitrogen and oxygen atoms in total. The molecule has 0 spiro atoms. The fourth-order valence-electron chi connectivity index (χ4n) is 3.38. The number of benzene rings is 1. The van der Waals surface area contributed by atoms with Crippen molar-refractivity contribution in [1.29, 1.82) is 0 Å². The third kappa shape index (κ3) is 3.81. The second-order valence-electron chi connectivity index (χ2n) is 6.53. The van der Waals surface area contributed by atoms with Gasteiger partial charge >= 0.3 is 0 Å². The van der Waals surface area contributed by atoms with Crippen LogP contribution in [-0.4, -0.2) is 65.1 Å². The lowest BCUT2D eigenvalue weighted by molar-refractivity contribution is -0.147. The summed E-state index contributed by atoms with van der Waals surface area (Å²) in [6, 6.07) is 6.06. The molecule has 3 rings (SSSR count). The molecule has 2 aliphatic rings. The van der Waals surface area contributed by atoms with Crippen LogP contribution < -0.4 is 0 Å². The Labute approximate surface area is 146 Å². The zero-order chi connectivity index (χ0) is 18.0. The summed E-state index contributed by atoms with van der Waals surface area (Å²) in [4.78, 5) is 41.7. The smallest absolute Gasteiger partial charge is 0.242 e. The number of nitrogens with zero attached hydrogens (tertiary/aromatic N) is 3. The van der Waals surface area contributed by atoms with Crippen LogP contribution in [0.15, 0.2) is 24.3 Å². The first-order valence-electron chi connectivity index (χ1n) is 8.56. The van der Waals surface area contributed by atoms with Gasteiger partial charge < -0.3 is 14.7 Å². The minimum atomic E-state index is -0.344. The number of hydrogen-bond acceptors (Lipinski definition) is 3. The molecule has 0 N–H and O–H groups in total. The molecule has 3 amide bonds. The average Bonchev–Trinajstić information content (AvgIpc) is 2.99. The van der Waals surface area contributed by atoms with Crippen LogP contribution in [0.1, 0.15) is 18.9 Å². The SMILES string of the molecule is CCN1C[C@H](C(=O)N2CCN(Cc3ccc(F)cc3)C(=O)C2)CC1=O. The number of carbonyl (C=O) groups is 3. The van der Waals surface area contributed by atoms with Crippen molar-refractivity contribution in [3.63, 3.8) is 0 Å². The average molecular weight is 347 g/mol. The van der Waals surface area contributed by atoms with E-state index in [1.807, 2.05) is 6.92 Å². The molecule has 25 heavy (non-hydrogen) atoms. The van der Waals surface area contributed by atoms with Gasteiger partial charge in [0.15, 0.2) is 0 Å². The predicted molar refractivity (Wildman–Crippen MR) is 88.8 cm³/mol. The third-order valence-electron chi connectivity index (χ3n) is 4.86. The Bertz CT molecular complexity index is 677. The lowest BCUT2D eigenvalue weighted by atomic mass is 10.1. The van der Waals surface area contributed by atoms with Crippen molar-refractivity contribution in [1.82, 2.24) is 14.7 Å². The van der Waals surface area contributed by atoms with Crippen molar-refractivity contribution >= 4 is 17.7 Å². The standard InChI is InChI=1S/C18H22FN3O3/c1-2-20-11-14(9-16(20)23)18(25)22-8-7-21(17(24)12-22)10-13-3-5-15(19)6-4-13/h3-6,14H,2,7-12H2,1H3/t14-/m1/s1. The molecule has 0 aromatic heterocycles. The summed E-state index contributed by atoms with van der Waals surface area (Å²) in [5.41, 5.74) is 0.856. The molecule has 0 radical (unpaired) electrons. The number of amides is 3. The quantitative estimate of drug-likeness (QED) is 0.812. The maximum atomic E-state index is 13.0. The maximum absolute atomic E-state index is 13.0. The van der Waals surface area contributed by atoms with Gasteiger partial charge in [-0.3, -0.25) is 14.4 Å². The summed E-state index contributed by atoms with van der Waals surface area (Å²) in [6.45, 7) is 4.29. The summed E-state index contributed by atoms with van der Waals surface area (Å²) in [5.74, 6) is -0.886. The number of carbonyl (C=O) groups excluding carboxylic acids is 3. The van der Waals surface area contributed by atoms with E-state index in [1.54, 1.807) is 26.8 Å². The summed E-state index contributed by atoms with van der Waals surface area (Å²) in [7, 11) is 0. The maximum Gasteiger partial charge on any atom is 0.242 e. The highest BCUT2D eigenvalue weighted by Gasteiger charge is 2.37. The molecule has 134 valence electrons. The second-order valence-corrected chi connectivity index (χ2v) is 6.53. The Morgan fingerprint density at radius 2 is 1.84 bits per heavy atom. The fourth-order valence-corrected chi connectivity index (χ4v) is 3.38. The molecule has 0 saturated carbocycles. The van der Waals surface area contributed by atoms with Crippen LogP contribution in [-0.2, 0) is 20.9 Å². The van der Waals surface area contributed by atoms with Crippen molar-refractivity contribution < 1.29 is 18.8 Å². The van der Waals surface area contributed by atoms with Gasteiger partial charge in [-0.15, -0.1) is 0 Å². The minimum absolute atomic E-state index is 0.00197. The van der Waals surface area contributed by atoms with Gasteiger partial charge in [-0.2, -0.15) is 0 Å². The number of piperazine rings is 1. The molecule has 0 bridgehead atoms.